The van der Waals surface area contributed by atoms with E-state index in [1.165, 1.54) is 0 Å². The number of aromatic nitrogens is 1. The van der Waals surface area contributed by atoms with Crippen LogP contribution in [0.2, 0.25) is 0 Å². The van der Waals surface area contributed by atoms with Crippen LogP contribution >= 0.6 is 0 Å². The average molecular weight is 302 g/mol. The van der Waals surface area contributed by atoms with Crippen LogP contribution in [-0.4, -0.2) is 42.0 Å². The van der Waals surface area contributed by atoms with Crippen LogP contribution in [0.15, 0.2) is 40.9 Å². The number of nitrogens with one attached hydrogen (secondary N) is 2. The second kappa shape index (κ2) is 7.37. The molecule has 116 valence electrons. The van der Waals surface area contributed by atoms with E-state index >= 15 is 0 Å². The van der Waals surface area contributed by atoms with Gasteiger partial charge in [0.05, 0.1) is 13.1 Å². The van der Waals surface area contributed by atoms with Gasteiger partial charge in [0.15, 0.2) is 5.82 Å². The highest BCUT2D eigenvalue weighted by Crippen LogP contribution is 2.07. The number of aryl methyl sites for hydroxylation is 1. The monoisotopic (exact) mass is 302 g/mol. The minimum atomic E-state index is -0.261. The lowest BCUT2D eigenvalue weighted by atomic mass is 10.3. The largest absolute Gasteiger partial charge is 0.360 e. The molecule has 1 aromatic heterocycles. The molecule has 0 bridgehead atoms. The maximum atomic E-state index is 11.9. The van der Waals surface area contributed by atoms with Crippen molar-refractivity contribution in [2.75, 3.05) is 30.8 Å². The van der Waals surface area contributed by atoms with Crippen molar-refractivity contribution in [3.8, 4) is 0 Å². The van der Waals surface area contributed by atoms with Gasteiger partial charge in [-0.1, -0.05) is 23.4 Å². The van der Waals surface area contributed by atoms with Crippen LogP contribution < -0.4 is 10.6 Å². The predicted octanol–water partition coefficient (Wildman–Crippen LogP) is 1.49. The number of hydrogen-bond donors (Lipinski definition) is 2. The molecule has 0 fully saturated rings. The SMILES string of the molecule is Cc1cc(NC(=O)CN(C)CC(=O)Nc2ccccc2)no1. The maximum absolute atomic E-state index is 11.9. The summed E-state index contributed by atoms with van der Waals surface area (Å²) in [4.78, 5) is 25.3. The molecule has 0 spiro atoms. The number of rotatable bonds is 6. The first-order chi connectivity index (χ1) is 10.5. The summed E-state index contributed by atoms with van der Waals surface area (Å²) in [6.07, 6.45) is 0. The molecule has 2 N–H and O–H groups in total. The third-order valence-electron chi connectivity index (χ3n) is 2.78. The van der Waals surface area contributed by atoms with E-state index in [0.29, 0.717) is 11.6 Å². The van der Waals surface area contributed by atoms with Gasteiger partial charge in [0.25, 0.3) is 0 Å². The van der Waals surface area contributed by atoms with E-state index in [9.17, 15) is 9.59 Å². The summed E-state index contributed by atoms with van der Waals surface area (Å²) >= 11 is 0. The summed E-state index contributed by atoms with van der Waals surface area (Å²) < 4.78 is 4.86. The summed E-state index contributed by atoms with van der Waals surface area (Å²) in [6, 6.07) is 10.8. The number of anilines is 2. The summed E-state index contributed by atoms with van der Waals surface area (Å²) in [5.74, 6) is 0.539. The number of carbonyl (C=O) groups is 2. The van der Waals surface area contributed by atoms with E-state index in [-0.39, 0.29) is 24.9 Å². The summed E-state index contributed by atoms with van der Waals surface area (Å²) in [5, 5.41) is 9.03. The lowest BCUT2D eigenvalue weighted by Crippen LogP contribution is -2.36. The Hall–Kier alpha value is -2.67. The van der Waals surface area contributed by atoms with Gasteiger partial charge >= 0.3 is 0 Å². The Morgan fingerprint density at radius 2 is 1.77 bits per heavy atom. The molecule has 1 heterocycles. The zero-order chi connectivity index (χ0) is 15.9. The fourth-order valence-corrected chi connectivity index (χ4v) is 1.88. The van der Waals surface area contributed by atoms with Crippen LogP contribution in [0.1, 0.15) is 5.76 Å². The zero-order valence-electron chi connectivity index (χ0n) is 12.5. The number of para-hydroxylation sites is 1. The van der Waals surface area contributed by atoms with Gasteiger partial charge < -0.3 is 15.2 Å². The Morgan fingerprint density at radius 1 is 1.14 bits per heavy atom. The van der Waals surface area contributed by atoms with Crippen molar-refractivity contribution in [1.82, 2.24) is 10.1 Å². The number of carbonyl (C=O) groups excluding carboxylic acids is 2. The molecule has 7 heteroatoms. The highest BCUT2D eigenvalue weighted by atomic mass is 16.5. The van der Waals surface area contributed by atoms with Gasteiger partial charge in [-0.05, 0) is 26.1 Å². The van der Waals surface area contributed by atoms with Crippen LogP contribution in [-0.2, 0) is 9.59 Å². The fraction of sp³-hybridized carbons (Fsp3) is 0.267. The standard InChI is InChI=1S/C15H18N4O3/c1-11-8-13(18-22-11)17-15(21)10-19(2)9-14(20)16-12-6-4-3-5-7-12/h3-8H,9-10H2,1-2H3,(H,16,20)(H,17,18,21). The fourth-order valence-electron chi connectivity index (χ4n) is 1.88. The van der Waals surface area contributed by atoms with Crippen molar-refractivity contribution in [2.24, 2.45) is 0 Å². The Kier molecular flexibility index (Phi) is 5.26. The minimum absolute atomic E-state index is 0.0775. The van der Waals surface area contributed by atoms with E-state index in [2.05, 4.69) is 15.8 Å². The van der Waals surface area contributed by atoms with E-state index in [1.54, 1.807) is 37.1 Å². The number of nitrogens with zero attached hydrogens (tertiary/aromatic N) is 2. The van der Waals surface area contributed by atoms with Crippen LogP contribution in [0, 0.1) is 6.92 Å². The Balaban J connectivity index is 1.76. The van der Waals surface area contributed by atoms with E-state index in [4.69, 9.17) is 4.52 Å². The van der Waals surface area contributed by atoms with Gasteiger partial charge in [-0.2, -0.15) is 0 Å². The quantitative estimate of drug-likeness (QED) is 0.844. The molecule has 0 saturated heterocycles. The number of likely N-dealkylation sites (N-methyl/N-ethyl adjacent to an activating group) is 1. The molecule has 22 heavy (non-hydrogen) atoms. The highest BCUT2D eigenvalue weighted by molar-refractivity contribution is 5.94. The van der Waals surface area contributed by atoms with Gasteiger partial charge in [-0.25, -0.2) is 0 Å². The van der Waals surface area contributed by atoms with Gasteiger partial charge in [0, 0.05) is 11.8 Å². The molecule has 0 aliphatic heterocycles. The van der Waals surface area contributed by atoms with Crippen molar-refractivity contribution in [3.63, 3.8) is 0 Å². The van der Waals surface area contributed by atoms with Crippen LogP contribution in [0.5, 0.6) is 0 Å². The molecule has 0 saturated carbocycles. The molecule has 0 aliphatic rings. The molecule has 2 amide bonds. The van der Waals surface area contributed by atoms with Gasteiger partial charge in [-0.15, -0.1) is 0 Å². The summed E-state index contributed by atoms with van der Waals surface area (Å²) in [5.41, 5.74) is 0.725. The van der Waals surface area contributed by atoms with Gasteiger partial charge in [0.2, 0.25) is 11.8 Å². The predicted molar refractivity (Wildman–Crippen MR) is 82.4 cm³/mol. The molecule has 0 atom stereocenters. The topological polar surface area (TPSA) is 87.5 Å². The molecule has 2 rings (SSSR count). The summed E-state index contributed by atoms with van der Waals surface area (Å²) in [6.45, 7) is 1.93. The second-order valence-electron chi connectivity index (χ2n) is 4.96. The zero-order valence-corrected chi connectivity index (χ0v) is 12.5. The molecule has 0 aliphatic carbocycles. The molecule has 0 radical (unpaired) electrons. The van der Waals surface area contributed by atoms with Crippen LogP contribution in [0.4, 0.5) is 11.5 Å². The first-order valence-electron chi connectivity index (χ1n) is 6.79. The Morgan fingerprint density at radius 3 is 2.36 bits per heavy atom. The van der Waals surface area contributed by atoms with E-state index in [0.717, 1.165) is 5.69 Å². The minimum Gasteiger partial charge on any atom is -0.360 e. The average Bonchev–Trinajstić information content (AvgIpc) is 2.84. The molecule has 1 aromatic carbocycles. The number of benzene rings is 1. The third kappa shape index (κ3) is 5.02. The first-order valence-corrected chi connectivity index (χ1v) is 6.79. The van der Waals surface area contributed by atoms with Crippen LogP contribution in [0.3, 0.4) is 0 Å². The molecular formula is C15H18N4O3. The Bertz CT molecular complexity index is 639. The van der Waals surface area contributed by atoms with Gasteiger partial charge in [-0.3, -0.25) is 14.5 Å². The van der Waals surface area contributed by atoms with Crippen molar-refractivity contribution in [3.05, 3.63) is 42.2 Å². The molecule has 2 aromatic rings. The molecule has 0 unspecified atom stereocenters. The summed E-state index contributed by atoms with van der Waals surface area (Å²) in [7, 11) is 1.69. The lowest BCUT2D eigenvalue weighted by molar-refractivity contribution is -0.119. The van der Waals surface area contributed by atoms with Crippen LogP contribution in [0.25, 0.3) is 0 Å². The Labute approximate surface area is 128 Å². The first kappa shape index (κ1) is 15.7. The van der Waals surface area contributed by atoms with Gasteiger partial charge in [0.1, 0.15) is 5.76 Å². The highest BCUT2D eigenvalue weighted by Gasteiger charge is 2.12. The number of amides is 2. The molecular weight excluding hydrogens is 284 g/mol. The second-order valence-corrected chi connectivity index (χ2v) is 4.96. The number of hydrogen-bond acceptors (Lipinski definition) is 5. The van der Waals surface area contributed by atoms with E-state index < -0.39 is 0 Å². The normalized spacial score (nSPS) is 10.5. The lowest BCUT2D eigenvalue weighted by Gasteiger charge is -2.15. The third-order valence-corrected chi connectivity index (χ3v) is 2.78. The van der Waals surface area contributed by atoms with Crippen molar-refractivity contribution in [2.45, 2.75) is 6.92 Å². The van der Waals surface area contributed by atoms with Crippen molar-refractivity contribution < 1.29 is 14.1 Å². The molecule has 7 nitrogen and oxygen atoms in total. The maximum Gasteiger partial charge on any atom is 0.239 e. The van der Waals surface area contributed by atoms with Crippen molar-refractivity contribution >= 4 is 23.3 Å². The van der Waals surface area contributed by atoms with E-state index in [1.807, 2.05) is 18.2 Å². The smallest absolute Gasteiger partial charge is 0.239 e. The van der Waals surface area contributed by atoms with Crippen molar-refractivity contribution in [1.29, 1.82) is 0 Å².